The number of hydrogen-bond acceptors (Lipinski definition) is 6. The molecular formula is C25H31N5O2. The first-order valence-electron chi connectivity index (χ1n) is 11.2. The average Bonchev–Trinajstić information content (AvgIpc) is 3.26. The first kappa shape index (κ1) is 22.1. The Morgan fingerprint density at radius 2 is 2.03 bits per heavy atom. The van der Waals surface area contributed by atoms with Gasteiger partial charge >= 0.3 is 0 Å². The standard InChI is InChI=1S/C25H31N5O2/c1-25(2,3)21-10-8-19(9-11-21)23-28-22(32-29-23)17-30-13-5-7-20(16-30)24(31)27-15-18-6-4-12-26-14-18/h4,6,8-12,14,20H,5,7,13,15-17H2,1-3H3,(H,27,31). The Morgan fingerprint density at radius 1 is 1.22 bits per heavy atom. The molecule has 2 aromatic heterocycles. The topological polar surface area (TPSA) is 84.2 Å². The molecule has 0 radical (unpaired) electrons. The van der Waals surface area contributed by atoms with Gasteiger partial charge in [-0.1, -0.05) is 56.3 Å². The van der Waals surface area contributed by atoms with E-state index in [1.807, 2.05) is 24.3 Å². The van der Waals surface area contributed by atoms with Crippen molar-refractivity contribution in [2.24, 2.45) is 5.92 Å². The molecule has 7 heteroatoms. The second kappa shape index (κ2) is 9.61. The zero-order chi connectivity index (χ0) is 22.6. The van der Waals surface area contributed by atoms with Crippen molar-refractivity contribution in [3.63, 3.8) is 0 Å². The molecule has 0 bridgehead atoms. The van der Waals surface area contributed by atoms with Crippen molar-refractivity contribution in [1.29, 1.82) is 0 Å². The summed E-state index contributed by atoms with van der Waals surface area (Å²) >= 11 is 0. The number of aromatic nitrogens is 3. The van der Waals surface area contributed by atoms with Crippen molar-refractivity contribution in [2.45, 2.75) is 52.1 Å². The van der Waals surface area contributed by atoms with E-state index in [-0.39, 0.29) is 17.2 Å². The van der Waals surface area contributed by atoms with Gasteiger partial charge in [-0.2, -0.15) is 4.98 Å². The van der Waals surface area contributed by atoms with Gasteiger partial charge in [-0.15, -0.1) is 0 Å². The predicted molar refractivity (Wildman–Crippen MR) is 123 cm³/mol. The van der Waals surface area contributed by atoms with Crippen LogP contribution in [0.25, 0.3) is 11.4 Å². The van der Waals surface area contributed by atoms with Gasteiger partial charge in [-0.3, -0.25) is 14.7 Å². The molecule has 1 aliphatic rings. The number of carbonyl (C=O) groups is 1. The third-order valence-corrected chi connectivity index (χ3v) is 5.90. The minimum Gasteiger partial charge on any atom is -0.352 e. The lowest BCUT2D eigenvalue weighted by molar-refractivity contribution is -0.127. The summed E-state index contributed by atoms with van der Waals surface area (Å²) < 4.78 is 5.51. The number of amides is 1. The molecule has 4 rings (SSSR count). The number of pyridine rings is 1. The Labute approximate surface area is 189 Å². The van der Waals surface area contributed by atoms with Gasteiger partial charge in [0.15, 0.2) is 0 Å². The van der Waals surface area contributed by atoms with Gasteiger partial charge in [0.25, 0.3) is 0 Å². The second-order valence-electron chi connectivity index (χ2n) is 9.49. The lowest BCUT2D eigenvalue weighted by Gasteiger charge is -2.30. The number of carbonyl (C=O) groups excluding carboxylic acids is 1. The van der Waals surface area contributed by atoms with Crippen LogP contribution in [0.2, 0.25) is 0 Å². The van der Waals surface area contributed by atoms with Gasteiger partial charge < -0.3 is 9.84 Å². The zero-order valence-corrected chi connectivity index (χ0v) is 19.0. The molecule has 1 atom stereocenters. The molecule has 1 saturated heterocycles. The van der Waals surface area contributed by atoms with Crippen LogP contribution in [0.4, 0.5) is 0 Å². The van der Waals surface area contributed by atoms with Crippen molar-refractivity contribution in [3.05, 3.63) is 65.8 Å². The van der Waals surface area contributed by atoms with E-state index in [0.717, 1.165) is 30.5 Å². The van der Waals surface area contributed by atoms with E-state index in [1.54, 1.807) is 12.4 Å². The van der Waals surface area contributed by atoms with Crippen molar-refractivity contribution in [1.82, 2.24) is 25.3 Å². The Hall–Kier alpha value is -3.06. The highest BCUT2D eigenvalue weighted by molar-refractivity contribution is 5.78. The van der Waals surface area contributed by atoms with Gasteiger partial charge in [-0.05, 0) is 42.0 Å². The van der Waals surface area contributed by atoms with Crippen LogP contribution < -0.4 is 5.32 Å². The quantitative estimate of drug-likeness (QED) is 0.634. The Bertz CT molecular complexity index is 1020. The summed E-state index contributed by atoms with van der Waals surface area (Å²) in [5, 5.41) is 7.20. The summed E-state index contributed by atoms with van der Waals surface area (Å²) in [6, 6.07) is 12.2. The lowest BCUT2D eigenvalue weighted by atomic mass is 9.87. The normalized spacial score (nSPS) is 17.3. The maximum absolute atomic E-state index is 12.6. The van der Waals surface area contributed by atoms with E-state index >= 15 is 0 Å². The summed E-state index contributed by atoms with van der Waals surface area (Å²) in [5.74, 6) is 1.23. The second-order valence-corrected chi connectivity index (χ2v) is 9.49. The fraction of sp³-hybridized carbons (Fsp3) is 0.440. The highest BCUT2D eigenvalue weighted by atomic mass is 16.5. The Kier molecular flexibility index (Phi) is 6.65. The third-order valence-electron chi connectivity index (χ3n) is 5.90. The predicted octanol–water partition coefficient (Wildman–Crippen LogP) is 3.96. The highest BCUT2D eigenvalue weighted by Crippen LogP contribution is 2.25. The molecular weight excluding hydrogens is 402 g/mol. The molecule has 168 valence electrons. The maximum Gasteiger partial charge on any atom is 0.241 e. The SMILES string of the molecule is CC(C)(C)c1ccc(-c2noc(CN3CCCC(C(=O)NCc4cccnc4)C3)n2)cc1. The molecule has 1 fully saturated rings. The van der Waals surface area contributed by atoms with Crippen molar-refractivity contribution in [3.8, 4) is 11.4 Å². The first-order chi connectivity index (χ1) is 15.4. The van der Waals surface area contributed by atoms with Crippen molar-refractivity contribution in [2.75, 3.05) is 13.1 Å². The third kappa shape index (κ3) is 5.59. The molecule has 32 heavy (non-hydrogen) atoms. The number of rotatable bonds is 6. The lowest BCUT2D eigenvalue weighted by Crippen LogP contribution is -2.42. The van der Waals surface area contributed by atoms with E-state index in [0.29, 0.717) is 31.3 Å². The molecule has 7 nitrogen and oxygen atoms in total. The van der Waals surface area contributed by atoms with E-state index in [4.69, 9.17) is 4.52 Å². The van der Waals surface area contributed by atoms with E-state index in [9.17, 15) is 4.79 Å². The summed E-state index contributed by atoms with van der Waals surface area (Å²) in [6.07, 6.45) is 5.37. The minimum atomic E-state index is -0.0345. The average molecular weight is 434 g/mol. The van der Waals surface area contributed by atoms with Crippen LogP contribution in [0.15, 0.2) is 53.3 Å². The Balaban J connectivity index is 1.32. The number of hydrogen-bond donors (Lipinski definition) is 1. The van der Waals surface area contributed by atoms with Gasteiger partial charge in [0.2, 0.25) is 17.6 Å². The first-order valence-corrected chi connectivity index (χ1v) is 11.2. The molecule has 3 aromatic rings. The molecule has 1 aromatic carbocycles. The smallest absolute Gasteiger partial charge is 0.241 e. The highest BCUT2D eigenvalue weighted by Gasteiger charge is 2.27. The molecule has 1 amide bonds. The van der Waals surface area contributed by atoms with Crippen LogP contribution in [0, 0.1) is 5.92 Å². The van der Waals surface area contributed by atoms with Crippen molar-refractivity contribution < 1.29 is 9.32 Å². The fourth-order valence-corrected chi connectivity index (χ4v) is 4.00. The molecule has 0 spiro atoms. The summed E-state index contributed by atoms with van der Waals surface area (Å²) in [7, 11) is 0. The van der Waals surface area contributed by atoms with Crippen LogP contribution in [0.3, 0.4) is 0 Å². The van der Waals surface area contributed by atoms with Gasteiger partial charge in [0, 0.05) is 31.0 Å². The maximum atomic E-state index is 12.6. The summed E-state index contributed by atoms with van der Waals surface area (Å²) in [6.45, 7) is 9.25. The van der Waals surface area contributed by atoms with Gasteiger partial charge in [0.1, 0.15) is 0 Å². The van der Waals surface area contributed by atoms with E-state index in [2.05, 4.69) is 58.2 Å². The van der Waals surface area contributed by atoms with Crippen LogP contribution in [-0.4, -0.2) is 39.0 Å². The number of nitrogens with zero attached hydrogens (tertiary/aromatic N) is 4. The van der Waals surface area contributed by atoms with Crippen LogP contribution in [0.1, 0.15) is 50.6 Å². The summed E-state index contributed by atoms with van der Waals surface area (Å²) in [5.41, 5.74) is 3.32. The summed E-state index contributed by atoms with van der Waals surface area (Å²) in [4.78, 5) is 23.5. The molecule has 1 N–H and O–H groups in total. The van der Waals surface area contributed by atoms with E-state index in [1.165, 1.54) is 5.56 Å². The zero-order valence-electron chi connectivity index (χ0n) is 19.0. The number of nitrogens with one attached hydrogen (secondary N) is 1. The number of benzene rings is 1. The molecule has 0 aliphatic carbocycles. The fourth-order valence-electron chi connectivity index (χ4n) is 4.00. The molecule has 1 aliphatic heterocycles. The van der Waals surface area contributed by atoms with Crippen LogP contribution in [-0.2, 0) is 23.3 Å². The van der Waals surface area contributed by atoms with Crippen LogP contribution in [0.5, 0.6) is 0 Å². The molecule has 0 saturated carbocycles. The largest absolute Gasteiger partial charge is 0.352 e. The monoisotopic (exact) mass is 433 g/mol. The van der Waals surface area contributed by atoms with Crippen molar-refractivity contribution >= 4 is 5.91 Å². The molecule has 1 unspecified atom stereocenters. The molecule has 3 heterocycles. The van der Waals surface area contributed by atoms with Crippen LogP contribution >= 0.6 is 0 Å². The number of likely N-dealkylation sites (tertiary alicyclic amines) is 1. The van der Waals surface area contributed by atoms with Gasteiger partial charge in [-0.25, -0.2) is 0 Å². The minimum absolute atomic E-state index is 0.0345. The van der Waals surface area contributed by atoms with E-state index < -0.39 is 0 Å². The number of piperidine rings is 1. The Morgan fingerprint density at radius 3 is 2.75 bits per heavy atom. The van der Waals surface area contributed by atoms with Gasteiger partial charge in [0.05, 0.1) is 12.5 Å².